The molecule has 1 aromatic carbocycles. The van der Waals surface area contributed by atoms with Crippen LogP contribution in [0.2, 0.25) is 0 Å². The third kappa shape index (κ3) is 4.20. The Balaban J connectivity index is 1.44. The van der Waals surface area contributed by atoms with Crippen LogP contribution in [-0.2, 0) is 30.8 Å². The molecule has 1 aliphatic heterocycles. The molecule has 0 saturated heterocycles. The molecule has 0 radical (unpaired) electrons. The number of aromatic nitrogens is 6. The van der Waals surface area contributed by atoms with Gasteiger partial charge in [-0.25, -0.2) is 4.68 Å². The number of nitrogens with one attached hydrogen (secondary N) is 2. The van der Waals surface area contributed by atoms with Crippen LogP contribution in [0.1, 0.15) is 29.4 Å². The lowest BCUT2D eigenvalue weighted by molar-refractivity contribution is -0.124. The molecular weight excluding hydrogens is 344 g/mol. The Morgan fingerprint density at radius 1 is 1.30 bits per heavy atom. The van der Waals surface area contributed by atoms with E-state index in [0.717, 1.165) is 43.0 Å². The van der Waals surface area contributed by atoms with Gasteiger partial charge in [0, 0.05) is 19.5 Å². The first-order chi connectivity index (χ1) is 13.3. The highest BCUT2D eigenvalue weighted by molar-refractivity contribution is 5.80. The van der Waals surface area contributed by atoms with Crippen LogP contribution in [0.15, 0.2) is 42.7 Å². The summed E-state index contributed by atoms with van der Waals surface area (Å²) in [6.07, 6.45) is 3.04. The van der Waals surface area contributed by atoms with Crippen molar-refractivity contribution >= 4 is 5.91 Å². The summed E-state index contributed by atoms with van der Waals surface area (Å²) in [4.78, 5) is 12.8. The van der Waals surface area contributed by atoms with Crippen molar-refractivity contribution in [2.75, 3.05) is 6.54 Å². The number of tetrazole rings is 1. The molecule has 2 N–H and O–H groups in total. The molecule has 3 aromatic rings. The van der Waals surface area contributed by atoms with Gasteiger partial charge in [0.2, 0.25) is 5.91 Å². The van der Waals surface area contributed by atoms with Gasteiger partial charge < -0.3 is 10.6 Å². The predicted octanol–water partition coefficient (Wildman–Crippen LogP) is 0.463. The van der Waals surface area contributed by atoms with Gasteiger partial charge in [-0.15, -0.1) is 5.10 Å². The van der Waals surface area contributed by atoms with Crippen molar-refractivity contribution < 1.29 is 4.79 Å². The van der Waals surface area contributed by atoms with Gasteiger partial charge in [-0.05, 0) is 35.0 Å². The summed E-state index contributed by atoms with van der Waals surface area (Å²) in [6, 6.07) is 11.4. The van der Waals surface area contributed by atoms with Gasteiger partial charge in [0.25, 0.3) is 0 Å². The average molecular weight is 366 g/mol. The van der Waals surface area contributed by atoms with Crippen molar-refractivity contribution in [3.8, 4) is 0 Å². The molecule has 0 bridgehead atoms. The number of hydrogen-bond donors (Lipinski definition) is 2. The topological polar surface area (TPSA) is 103 Å². The monoisotopic (exact) mass is 366 g/mol. The van der Waals surface area contributed by atoms with Crippen LogP contribution in [0.3, 0.4) is 0 Å². The molecule has 9 nitrogen and oxygen atoms in total. The van der Waals surface area contributed by atoms with E-state index in [2.05, 4.69) is 31.3 Å². The first kappa shape index (κ1) is 17.3. The number of benzene rings is 1. The first-order valence-corrected chi connectivity index (χ1v) is 9.10. The van der Waals surface area contributed by atoms with Crippen molar-refractivity contribution in [2.45, 2.75) is 38.5 Å². The van der Waals surface area contributed by atoms with Gasteiger partial charge in [0.15, 0.2) is 0 Å². The molecule has 0 aliphatic carbocycles. The minimum absolute atomic E-state index is 0.132. The molecule has 2 aromatic heterocycles. The first-order valence-electron chi connectivity index (χ1n) is 9.10. The molecule has 27 heavy (non-hydrogen) atoms. The van der Waals surface area contributed by atoms with E-state index in [-0.39, 0.29) is 5.91 Å². The molecule has 9 heteroatoms. The Bertz CT molecular complexity index is 851. The lowest BCUT2D eigenvalue weighted by atomic mass is 10.1. The van der Waals surface area contributed by atoms with E-state index in [1.807, 2.05) is 41.1 Å². The summed E-state index contributed by atoms with van der Waals surface area (Å²) in [5, 5.41) is 22.2. The van der Waals surface area contributed by atoms with E-state index in [1.165, 1.54) is 11.0 Å². The summed E-state index contributed by atoms with van der Waals surface area (Å²) in [7, 11) is 0. The molecule has 0 saturated carbocycles. The smallest absolute Gasteiger partial charge is 0.245 e. The zero-order chi connectivity index (χ0) is 18.5. The molecule has 140 valence electrons. The van der Waals surface area contributed by atoms with Crippen molar-refractivity contribution in [3.63, 3.8) is 0 Å². The SMILES string of the molecule is O=C(NCc1cc2n(n1)CCCNC2)C(Cc1ccccc1)n1cnnn1. The number of fused-ring (bicyclic) bond motifs is 1. The second-order valence-electron chi connectivity index (χ2n) is 6.59. The molecule has 1 amide bonds. The molecular formula is C18H22N8O. The zero-order valence-electron chi connectivity index (χ0n) is 15.0. The highest BCUT2D eigenvalue weighted by Gasteiger charge is 2.22. The minimum Gasteiger partial charge on any atom is -0.349 e. The molecule has 0 fully saturated rings. The van der Waals surface area contributed by atoms with Crippen LogP contribution in [-0.4, -0.2) is 42.4 Å². The summed E-state index contributed by atoms with van der Waals surface area (Å²) in [5.41, 5.74) is 3.06. The standard InChI is InChI=1S/C18H22N8O/c27-18(20-11-15-10-16-12-19-7-4-8-25(16)22-15)17(26-13-21-23-24-26)9-14-5-2-1-3-6-14/h1-3,5-6,10,13,17,19H,4,7-9,11-12H2,(H,20,27). The third-order valence-corrected chi connectivity index (χ3v) is 4.65. The normalized spacial score (nSPS) is 15.0. The Morgan fingerprint density at radius 3 is 3.00 bits per heavy atom. The van der Waals surface area contributed by atoms with Crippen LogP contribution in [0.5, 0.6) is 0 Å². The Morgan fingerprint density at radius 2 is 2.19 bits per heavy atom. The number of amides is 1. The van der Waals surface area contributed by atoms with E-state index in [0.29, 0.717) is 13.0 Å². The third-order valence-electron chi connectivity index (χ3n) is 4.65. The van der Waals surface area contributed by atoms with Crippen LogP contribution >= 0.6 is 0 Å². The summed E-state index contributed by atoms with van der Waals surface area (Å²) in [6.45, 7) is 3.09. The largest absolute Gasteiger partial charge is 0.349 e. The molecule has 1 unspecified atom stereocenters. The fraction of sp³-hybridized carbons (Fsp3) is 0.389. The molecule has 1 atom stereocenters. The van der Waals surface area contributed by atoms with Crippen molar-refractivity contribution in [1.29, 1.82) is 0 Å². The maximum Gasteiger partial charge on any atom is 0.245 e. The van der Waals surface area contributed by atoms with E-state index in [4.69, 9.17) is 0 Å². The summed E-state index contributed by atoms with van der Waals surface area (Å²) >= 11 is 0. The van der Waals surface area contributed by atoms with E-state index in [9.17, 15) is 4.79 Å². The Labute approximate surface area is 156 Å². The zero-order valence-corrected chi connectivity index (χ0v) is 15.0. The van der Waals surface area contributed by atoms with E-state index in [1.54, 1.807) is 0 Å². The molecule has 0 spiro atoms. The highest BCUT2D eigenvalue weighted by Crippen LogP contribution is 2.14. The second-order valence-corrected chi connectivity index (χ2v) is 6.59. The van der Waals surface area contributed by atoms with E-state index >= 15 is 0 Å². The number of carbonyl (C=O) groups excluding carboxylic acids is 1. The van der Waals surface area contributed by atoms with Crippen molar-refractivity contribution in [1.82, 2.24) is 40.6 Å². The average Bonchev–Trinajstić information content (AvgIpc) is 3.31. The van der Waals surface area contributed by atoms with Gasteiger partial charge in [-0.2, -0.15) is 5.10 Å². The number of hydrogen-bond acceptors (Lipinski definition) is 6. The molecule has 3 heterocycles. The Kier molecular flexibility index (Phi) is 5.20. The fourth-order valence-corrected chi connectivity index (χ4v) is 3.26. The number of aryl methyl sites for hydroxylation is 1. The minimum atomic E-state index is -0.510. The number of rotatable bonds is 6. The van der Waals surface area contributed by atoms with Gasteiger partial charge >= 0.3 is 0 Å². The highest BCUT2D eigenvalue weighted by atomic mass is 16.2. The van der Waals surface area contributed by atoms with Crippen LogP contribution in [0, 0.1) is 0 Å². The predicted molar refractivity (Wildman–Crippen MR) is 97.4 cm³/mol. The summed E-state index contributed by atoms with van der Waals surface area (Å²) < 4.78 is 3.51. The maximum absolute atomic E-state index is 12.8. The second kappa shape index (κ2) is 8.09. The Hall–Kier alpha value is -3.07. The summed E-state index contributed by atoms with van der Waals surface area (Å²) in [5.74, 6) is -0.132. The van der Waals surface area contributed by atoms with Gasteiger partial charge in [-0.1, -0.05) is 30.3 Å². The van der Waals surface area contributed by atoms with E-state index < -0.39 is 6.04 Å². The quantitative estimate of drug-likeness (QED) is 0.657. The van der Waals surface area contributed by atoms with Crippen LogP contribution in [0.25, 0.3) is 0 Å². The molecule has 1 aliphatic rings. The van der Waals surface area contributed by atoms with Crippen molar-refractivity contribution in [3.05, 3.63) is 59.7 Å². The lowest BCUT2D eigenvalue weighted by Gasteiger charge is -2.16. The maximum atomic E-state index is 12.8. The molecule has 4 rings (SSSR count). The van der Waals surface area contributed by atoms with Gasteiger partial charge in [0.1, 0.15) is 12.4 Å². The lowest BCUT2D eigenvalue weighted by Crippen LogP contribution is -2.34. The van der Waals surface area contributed by atoms with Gasteiger partial charge in [-0.3, -0.25) is 9.48 Å². The van der Waals surface area contributed by atoms with Crippen LogP contribution in [0.4, 0.5) is 0 Å². The number of carbonyl (C=O) groups is 1. The van der Waals surface area contributed by atoms with Gasteiger partial charge in [0.05, 0.1) is 17.9 Å². The number of nitrogens with zero attached hydrogens (tertiary/aromatic N) is 6. The fourth-order valence-electron chi connectivity index (χ4n) is 3.26. The van der Waals surface area contributed by atoms with Crippen LogP contribution < -0.4 is 10.6 Å². The van der Waals surface area contributed by atoms with Crippen molar-refractivity contribution in [2.24, 2.45) is 0 Å².